The zero-order chi connectivity index (χ0) is 9.68. The van der Waals surface area contributed by atoms with Gasteiger partial charge in [-0.25, -0.2) is 0 Å². The van der Waals surface area contributed by atoms with Crippen LogP contribution in [0.4, 0.5) is 0 Å². The Morgan fingerprint density at radius 2 is 2.23 bits per heavy atom. The van der Waals surface area contributed by atoms with Gasteiger partial charge < -0.3 is 5.11 Å². The van der Waals surface area contributed by atoms with Gasteiger partial charge in [0, 0.05) is 17.2 Å². The number of aromatic hydroxyl groups is 1. The van der Waals surface area contributed by atoms with Gasteiger partial charge in [-0.15, -0.1) is 0 Å². The maximum atomic E-state index is 9.38. The monoisotopic (exact) mass is 212 g/mol. The summed E-state index contributed by atoms with van der Waals surface area (Å²) in [6.07, 6.45) is 0.713. The number of hydrogen-bond donors (Lipinski definition) is 2. The van der Waals surface area contributed by atoms with Crippen LogP contribution in [0.2, 0.25) is 5.02 Å². The Kier molecular flexibility index (Phi) is 4.01. The van der Waals surface area contributed by atoms with Gasteiger partial charge in [-0.2, -0.15) is 12.6 Å². The molecule has 1 N–H and O–H groups in total. The average molecular weight is 213 g/mol. The minimum absolute atomic E-state index is 0.124. The van der Waals surface area contributed by atoms with Crippen LogP contribution in [0.3, 0.4) is 0 Å². The van der Waals surface area contributed by atoms with Crippen molar-refractivity contribution in [2.45, 2.75) is 6.42 Å². The summed E-state index contributed by atoms with van der Waals surface area (Å²) >= 11 is 9.68. The maximum Gasteiger partial charge on any atom is 0.132 e. The number of rotatable bonds is 1. The molecule has 1 aromatic carbocycles. The van der Waals surface area contributed by atoms with E-state index in [1.165, 1.54) is 6.07 Å². The van der Waals surface area contributed by atoms with Crippen LogP contribution in [0.1, 0.15) is 12.0 Å². The molecule has 0 bridgehead atoms. The Bertz CT molecular complexity index is 352. The fourth-order valence-electron chi connectivity index (χ4n) is 0.824. The predicted molar refractivity (Wildman–Crippen MR) is 58.5 cm³/mol. The molecule has 0 heterocycles. The van der Waals surface area contributed by atoms with Gasteiger partial charge in [0.25, 0.3) is 0 Å². The lowest BCUT2D eigenvalue weighted by Crippen LogP contribution is -1.76. The fourth-order valence-corrected chi connectivity index (χ4v) is 1.10. The first-order valence-electron chi connectivity index (χ1n) is 3.82. The Hall–Kier alpha value is -0.780. The SMILES string of the molecule is Oc1cc(Cl)ccc1C#CCCS. The Balaban J connectivity index is 2.85. The molecule has 0 aromatic heterocycles. The molecule has 0 aliphatic rings. The molecule has 3 heteroatoms. The van der Waals surface area contributed by atoms with Gasteiger partial charge >= 0.3 is 0 Å². The molecule has 0 aliphatic heterocycles. The standard InChI is InChI=1S/C10H9ClOS/c11-9-5-4-8(10(12)7-9)3-1-2-6-13/h4-5,7,12-13H,2,6H2. The first-order valence-corrected chi connectivity index (χ1v) is 4.83. The number of phenols is 1. The lowest BCUT2D eigenvalue weighted by Gasteiger charge is -1.96. The predicted octanol–water partition coefficient (Wildman–Crippen LogP) is 2.72. The van der Waals surface area contributed by atoms with E-state index >= 15 is 0 Å². The van der Waals surface area contributed by atoms with Crippen molar-refractivity contribution in [1.29, 1.82) is 0 Å². The molecule has 1 nitrogen and oxygen atoms in total. The normalized spacial score (nSPS) is 9.08. The number of thiol groups is 1. The molecule has 0 amide bonds. The molecule has 0 saturated heterocycles. The smallest absolute Gasteiger partial charge is 0.132 e. The summed E-state index contributed by atoms with van der Waals surface area (Å²) in [6, 6.07) is 4.88. The highest BCUT2D eigenvalue weighted by molar-refractivity contribution is 7.80. The van der Waals surface area contributed by atoms with Gasteiger partial charge in [-0.3, -0.25) is 0 Å². The number of hydrogen-bond acceptors (Lipinski definition) is 2. The van der Waals surface area contributed by atoms with E-state index in [1.807, 2.05) is 0 Å². The van der Waals surface area contributed by atoms with Gasteiger partial charge in [0.05, 0.1) is 5.56 Å². The second-order valence-electron chi connectivity index (χ2n) is 2.44. The lowest BCUT2D eigenvalue weighted by atomic mass is 10.2. The Morgan fingerprint density at radius 1 is 1.46 bits per heavy atom. The van der Waals surface area contributed by atoms with Crippen molar-refractivity contribution in [2.24, 2.45) is 0 Å². The van der Waals surface area contributed by atoms with E-state index in [9.17, 15) is 5.11 Å². The fraction of sp³-hybridized carbons (Fsp3) is 0.200. The van der Waals surface area contributed by atoms with Gasteiger partial charge in [-0.05, 0) is 18.2 Å². The third-order valence-corrected chi connectivity index (χ3v) is 1.88. The van der Waals surface area contributed by atoms with Crippen LogP contribution in [0.15, 0.2) is 18.2 Å². The molecule has 0 radical (unpaired) electrons. The molecule has 1 aromatic rings. The van der Waals surface area contributed by atoms with Gasteiger partial charge in [0.2, 0.25) is 0 Å². The highest BCUT2D eigenvalue weighted by Crippen LogP contribution is 2.20. The largest absolute Gasteiger partial charge is 0.507 e. The molecule has 0 spiro atoms. The second-order valence-corrected chi connectivity index (χ2v) is 3.32. The van der Waals surface area contributed by atoms with Gasteiger partial charge in [-0.1, -0.05) is 23.4 Å². The summed E-state index contributed by atoms with van der Waals surface area (Å²) in [5, 5.41) is 9.90. The van der Waals surface area contributed by atoms with E-state index in [4.69, 9.17) is 11.6 Å². The first kappa shape index (κ1) is 10.3. The molecular formula is C10H9ClOS. The third kappa shape index (κ3) is 3.22. The topological polar surface area (TPSA) is 20.2 Å². The van der Waals surface area contributed by atoms with Crippen LogP contribution in [-0.2, 0) is 0 Å². The summed E-state index contributed by atoms with van der Waals surface area (Å²) in [5.74, 6) is 6.56. The van der Waals surface area contributed by atoms with Crippen molar-refractivity contribution in [3.8, 4) is 17.6 Å². The summed E-state index contributed by atoms with van der Waals surface area (Å²) in [5.41, 5.74) is 0.603. The summed E-state index contributed by atoms with van der Waals surface area (Å²) < 4.78 is 0. The van der Waals surface area contributed by atoms with Crippen molar-refractivity contribution in [3.05, 3.63) is 28.8 Å². The number of phenolic OH excluding ortho intramolecular Hbond substituents is 1. The van der Waals surface area contributed by atoms with E-state index < -0.39 is 0 Å². The zero-order valence-corrected chi connectivity index (χ0v) is 8.57. The van der Waals surface area contributed by atoms with Crippen molar-refractivity contribution < 1.29 is 5.11 Å². The van der Waals surface area contributed by atoms with Crippen LogP contribution in [0, 0.1) is 11.8 Å². The highest BCUT2D eigenvalue weighted by Gasteiger charge is 1.97. The van der Waals surface area contributed by atoms with Crippen molar-refractivity contribution in [2.75, 3.05) is 5.75 Å². The van der Waals surface area contributed by atoms with Crippen LogP contribution in [0.5, 0.6) is 5.75 Å². The molecule has 0 aliphatic carbocycles. The molecule has 0 fully saturated rings. The lowest BCUT2D eigenvalue weighted by molar-refractivity contribution is 0.474. The van der Waals surface area contributed by atoms with E-state index in [1.54, 1.807) is 12.1 Å². The molecule has 0 saturated carbocycles. The van der Waals surface area contributed by atoms with E-state index in [0.29, 0.717) is 17.0 Å². The van der Waals surface area contributed by atoms with E-state index in [-0.39, 0.29) is 5.75 Å². The van der Waals surface area contributed by atoms with Crippen molar-refractivity contribution >= 4 is 24.2 Å². The minimum atomic E-state index is 0.124. The van der Waals surface area contributed by atoms with Crippen molar-refractivity contribution in [3.63, 3.8) is 0 Å². The second kappa shape index (κ2) is 5.06. The average Bonchev–Trinajstić information content (AvgIpc) is 2.09. The third-order valence-electron chi connectivity index (χ3n) is 1.42. The maximum absolute atomic E-state index is 9.38. The minimum Gasteiger partial charge on any atom is -0.507 e. The molecule has 1 rings (SSSR count). The van der Waals surface area contributed by atoms with Crippen LogP contribution < -0.4 is 0 Å². The number of halogens is 1. The summed E-state index contributed by atoms with van der Waals surface area (Å²) in [4.78, 5) is 0. The van der Waals surface area contributed by atoms with Crippen LogP contribution in [0.25, 0.3) is 0 Å². The van der Waals surface area contributed by atoms with Crippen LogP contribution in [-0.4, -0.2) is 10.9 Å². The van der Waals surface area contributed by atoms with E-state index in [2.05, 4.69) is 24.5 Å². The van der Waals surface area contributed by atoms with Crippen LogP contribution >= 0.6 is 24.2 Å². The summed E-state index contributed by atoms with van der Waals surface area (Å²) in [7, 11) is 0. The Morgan fingerprint density at radius 3 is 2.85 bits per heavy atom. The molecule has 0 atom stereocenters. The highest BCUT2D eigenvalue weighted by atomic mass is 35.5. The summed E-state index contributed by atoms with van der Waals surface area (Å²) in [6.45, 7) is 0. The molecular weight excluding hydrogens is 204 g/mol. The van der Waals surface area contributed by atoms with E-state index in [0.717, 1.165) is 5.75 Å². The molecule has 13 heavy (non-hydrogen) atoms. The molecule has 68 valence electrons. The first-order chi connectivity index (χ1) is 6.24. The van der Waals surface area contributed by atoms with Gasteiger partial charge in [0.1, 0.15) is 5.75 Å². The molecule has 0 unspecified atom stereocenters. The quantitative estimate of drug-likeness (QED) is 0.542. The zero-order valence-electron chi connectivity index (χ0n) is 6.92. The number of benzene rings is 1. The Labute approximate surface area is 88.1 Å². The van der Waals surface area contributed by atoms with Gasteiger partial charge in [0.15, 0.2) is 0 Å². The van der Waals surface area contributed by atoms with Crippen molar-refractivity contribution in [1.82, 2.24) is 0 Å².